The highest BCUT2D eigenvalue weighted by Gasteiger charge is 2.49. The van der Waals surface area contributed by atoms with Gasteiger partial charge < -0.3 is 4.74 Å². The molecule has 1 atom stereocenters. The smallest absolute Gasteiger partial charge is 0.145 e. The molecule has 0 saturated heterocycles. The minimum atomic E-state index is -0.347. The summed E-state index contributed by atoms with van der Waals surface area (Å²) >= 11 is 0. The fourth-order valence-corrected chi connectivity index (χ4v) is 2.41. The Morgan fingerprint density at radius 3 is 2.37 bits per heavy atom. The van der Waals surface area contributed by atoms with Gasteiger partial charge in [-0.3, -0.25) is 4.79 Å². The lowest BCUT2D eigenvalue weighted by Gasteiger charge is -2.42. The van der Waals surface area contributed by atoms with Crippen molar-refractivity contribution in [2.45, 2.75) is 59.5 Å². The van der Waals surface area contributed by atoms with Crippen LogP contribution in [0.1, 0.15) is 52.2 Å². The Bertz CT molecular complexity index is 506. The van der Waals surface area contributed by atoms with Gasteiger partial charge in [0, 0.05) is 6.42 Å². The van der Waals surface area contributed by atoms with Crippen LogP contribution in [0.5, 0.6) is 5.75 Å². The van der Waals surface area contributed by atoms with Crippen molar-refractivity contribution < 1.29 is 9.53 Å². The molecule has 1 aliphatic carbocycles. The minimum Gasteiger partial charge on any atom is -0.489 e. The molecule has 1 aromatic carbocycles. The molecule has 1 fully saturated rings. The number of ether oxygens (including phenoxy) is 1. The third-order valence-electron chi connectivity index (χ3n) is 4.11. The summed E-state index contributed by atoms with van der Waals surface area (Å²) in [7, 11) is 0. The number of hydrogen-bond acceptors (Lipinski definition) is 2. The highest BCUT2D eigenvalue weighted by molar-refractivity contribution is 5.91. The van der Waals surface area contributed by atoms with E-state index in [0.717, 1.165) is 5.75 Å². The summed E-state index contributed by atoms with van der Waals surface area (Å²) < 4.78 is 6.13. The van der Waals surface area contributed by atoms with Gasteiger partial charge in [0.15, 0.2) is 0 Å². The van der Waals surface area contributed by atoms with Gasteiger partial charge in [-0.1, -0.05) is 38.5 Å². The molecule has 104 valence electrons. The van der Waals surface area contributed by atoms with E-state index >= 15 is 0 Å². The van der Waals surface area contributed by atoms with Gasteiger partial charge in [-0.2, -0.15) is 0 Å². The van der Waals surface area contributed by atoms with Crippen LogP contribution >= 0.6 is 0 Å². The number of benzene rings is 1. The Labute approximate surface area is 116 Å². The van der Waals surface area contributed by atoms with Gasteiger partial charge in [0.05, 0.1) is 5.41 Å². The quantitative estimate of drug-likeness (QED) is 0.802. The second kappa shape index (κ2) is 4.36. The molecule has 2 rings (SSSR count). The predicted molar refractivity (Wildman–Crippen MR) is 77.7 cm³/mol. The first-order chi connectivity index (χ1) is 8.62. The Hall–Kier alpha value is -1.31. The zero-order valence-corrected chi connectivity index (χ0v) is 12.8. The first kappa shape index (κ1) is 14.1. The Morgan fingerprint density at radius 2 is 1.89 bits per heavy atom. The minimum absolute atomic E-state index is 0.00352. The van der Waals surface area contributed by atoms with Gasteiger partial charge in [-0.15, -0.1) is 0 Å². The van der Waals surface area contributed by atoms with E-state index in [0.29, 0.717) is 12.2 Å². The summed E-state index contributed by atoms with van der Waals surface area (Å²) in [6.07, 6.45) is 0.536. The van der Waals surface area contributed by atoms with Crippen LogP contribution in [0, 0.1) is 12.3 Å². The van der Waals surface area contributed by atoms with Crippen molar-refractivity contribution in [2.24, 2.45) is 5.41 Å². The lowest BCUT2D eigenvalue weighted by molar-refractivity contribution is -0.148. The lowest BCUT2D eigenvalue weighted by atomic mass is 9.68. The summed E-state index contributed by atoms with van der Waals surface area (Å²) in [5, 5.41) is 0. The number of ketones is 1. The van der Waals surface area contributed by atoms with E-state index in [1.165, 1.54) is 11.1 Å². The van der Waals surface area contributed by atoms with E-state index in [4.69, 9.17) is 4.74 Å². The molecule has 0 heterocycles. The van der Waals surface area contributed by atoms with E-state index in [-0.39, 0.29) is 16.9 Å². The SMILES string of the molecule is Cc1ccc(OC2CC(=O)C2(C)C)c(C(C)(C)C)c1. The highest BCUT2D eigenvalue weighted by atomic mass is 16.5. The monoisotopic (exact) mass is 260 g/mol. The largest absolute Gasteiger partial charge is 0.489 e. The fourth-order valence-electron chi connectivity index (χ4n) is 2.41. The number of hydrogen-bond donors (Lipinski definition) is 0. The molecule has 2 heteroatoms. The zero-order valence-electron chi connectivity index (χ0n) is 12.8. The van der Waals surface area contributed by atoms with Crippen LogP contribution in [-0.4, -0.2) is 11.9 Å². The van der Waals surface area contributed by atoms with Gasteiger partial charge in [-0.05, 0) is 37.8 Å². The first-order valence-corrected chi connectivity index (χ1v) is 6.93. The molecule has 1 saturated carbocycles. The molecule has 0 amide bonds. The van der Waals surface area contributed by atoms with Gasteiger partial charge in [0.1, 0.15) is 17.6 Å². The molecule has 0 radical (unpaired) electrons. The second-order valence-electron chi connectivity index (χ2n) is 7.21. The Balaban J connectivity index is 2.29. The van der Waals surface area contributed by atoms with Gasteiger partial charge in [0.25, 0.3) is 0 Å². The molecule has 0 aliphatic heterocycles. The predicted octanol–water partition coefficient (Wildman–Crippen LogP) is 4.04. The molecule has 0 bridgehead atoms. The molecular formula is C17H24O2. The Kier molecular flexibility index (Phi) is 3.24. The van der Waals surface area contributed by atoms with Crippen molar-refractivity contribution in [2.75, 3.05) is 0 Å². The maximum Gasteiger partial charge on any atom is 0.145 e. The summed E-state index contributed by atoms with van der Waals surface area (Å²) in [5.74, 6) is 1.21. The van der Waals surface area contributed by atoms with Crippen LogP contribution < -0.4 is 4.74 Å². The molecule has 19 heavy (non-hydrogen) atoms. The summed E-state index contributed by atoms with van der Waals surface area (Å²) in [6.45, 7) is 12.6. The van der Waals surface area contributed by atoms with Crippen molar-refractivity contribution >= 4 is 5.78 Å². The summed E-state index contributed by atoms with van der Waals surface area (Å²) in [6, 6.07) is 6.29. The number of rotatable bonds is 2. The van der Waals surface area contributed by atoms with Crippen molar-refractivity contribution in [1.82, 2.24) is 0 Å². The molecule has 1 unspecified atom stereocenters. The molecule has 2 nitrogen and oxygen atoms in total. The maximum atomic E-state index is 11.6. The Morgan fingerprint density at radius 1 is 1.26 bits per heavy atom. The molecule has 0 spiro atoms. The maximum absolute atomic E-state index is 11.6. The van der Waals surface area contributed by atoms with E-state index in [9.17, 15) is 4.79 Å². The van der Waals surface area contributed by atoms with Crippen LogP contribution in [0.25, 0.3) is 0 Å². The lowest BCUT2D eigenvalue weighted by Crippen LogP contribution is -2.53. The third kappa shape index (κ3) is 2.54. The van der Waals surface area contributed by atoms with Crippen molar-refractivity contribution in [3.05, 3.63) is 29.3 Å². The number of Topliss-reactive ketones (excluding diaryl/α,β-unsaturated/α-hetero) is 1. The normalized spacial score (nSPS) is 22.0. The van der Waals surface area contributed by atoms with Crippen LogP contribution in [0.3, 0.4) is 0 Å². The first-order valence-electron chi connectivity index (χ1n) is 6.93. The van der Waals surface area contributed by atoms with Crippen LogP contribution in [-0.2, 0) is 10.2 Å². The van der Waals surface area contributed by atoms with Gasteiger partial charge in [0.2, 0.25) is 0 Å². The highest BCUT2D eigenvalue weighted by Crippen LogP contribution is 2.41. The molecule has 0 N–H and O–H groups in total. The van der Waals surface area contributed by atoms with Gasteiger partial charge in [-0.25, -0.2) is 0 Å². The van der Waals surface area contributed by atoms with E-state index in [2.05, 4.69) is 39.8 Å². The van der Waals surface area contributed by atoms with Crippen molar-refractivity contribution in [3.63, 3.8) is 0 Å². The fraction of sp³-hybridized carbons (Fsp3) is 0.588. The zero-order chi connectivity index (χ0) is 14.4. The van der Waals surface area contributed by atoms with E-state index < -0.39 is 0 Å². The molecular weight excluding hydrogens is 236 g/mol. The van der Waals surface area contributed by atoms with Crippen LogP contribution in [0.15, 0.2) is 18.2 Å². The standard InChI is InChI=1S/C17H24O2/c1-11-7-8-13(12(9-11)16(2,3)4)19-15-10-14(18)17(15,5)6/h7-9,15H,10H2,1-6H3. The van der Waals surface area contributed by atoms with Crippen LogP contribution in [0.2, 0.25) is 0 Å². The van der Waals surface area contributed by atoms with Crippen molar-refractivity contribution in [3.8, 4) is 5.75 Å². The molecule has 0 aromatic heterocycles. The van der Waals surface area contributed by atoms with E-state index in [1.54, 1.807) is 0 Å². The van der Waals surface area contributed by atoms with Gasteiger partial charge >= 0.3 is 0 Å². The van der Waals surface area contributed by atoms with Crippen molar-refractivity contribution in [1.29, 1.82) is 0 Å². The number of carbonyl (C=O) groups excluding carboxylic acids is 1. The number of aryl methyl sites for hydroxylation is 1. The van der Waals surface area contributed by atoms with Crippen LogP contribution in [0.4, 0.5) is 0 Å². The average molecular weight is 260 g/mol. The molecule has 1 aromatic rings. The number of carbonyl (C=O) groups is 1. The molecule has 1 aliphatic rings. The average Bonchev–Trinajstić information content (AvgIpc) is 2.29. The topological polar surface area (TPSA) is 26.3 Å². The second-order valence-corrected chi connectivity index (χ2v) is 7.21. The van der Waals surface area contributed by atoms with E-state index in [1.807, 2.05) is 19.9 Å². The summed E-state index contributed by atoms with van der Waals surface area (Å²) in [5.41, 5.74) is 2.14. The summed E-state index contributed by atoms with van der Waals surface area (Å²) in [4.78, 5) is 11.6. The third-order valence-corrected chi connectivity index (χ3v) is 4.11.